The van der Waals surface area contributed by atoms with E-state index in [1.165, 1.54) is 6.42 Å². The number of rotatable bonds is 1. The second-order valence-corrected chi connectivity index (χ2v) is 3.69. The molecule has 0 aromatic heterocycles. The van der Waals surface area contributed by atoms with Gasteiger partial charge in [0.15, 0.2) is 0 Å². The fraction of sp³-hybridized carbons (Fsp3) is 0.667. The molecule has 2 aliphatic rings. The highest BCUT2D eigenvalue weighted by Crippen LogP contribution is 2.51. The molecule has 0 N–H and O–H groups in total. The molecule has 0 aromatic rings. The third-order valence-electron chi connectivity index (χ3n) is 3.09. The Labute approximate surface area is 61.1 Å². The van der Waals surface area contributed by atoms with Gasteiger partial charge in [0.1, 0.15) is 6.29 Å². The van der Waals surface area contributed by atoms with Gasteiger partial charge in [-0.15, -0.1) is 0 Å². The summed E-state index contributed by atoms with van der Waals surface area (Å²) in [5.74, 6) is 1.29. The van der Waals surface area contributed by atoms with Crippen molar-refractivity contribution >= 4 is 6.29 Å². The monoisotopic (exact) mass is 136 g/mol. The fourth-order valence-corrected chi connectivity index (χ4v) is 2.31. The van der Waals surface area contributed by atoms with E-state index >= 15 is 0 Å². The van der Waals surface area contributed by atoms with E-state index in [1.54, 1.807) is 0 Å². The van der Waals surface area contributed by atoms with Crippen molar-refractivity contribution in [2.24, 2.45) is 17.3 Å². The van der Waals surface area contributed by atoms with Gasteiger partial charge in [0.05, 0.1) is 0 Å². The Bertz CT molecular complexity index is 195. The number of allylic oxidation sites excluding steroid dienone is 2. The molecule has 0 heterocycles. The van der Waals surface area contributed by atoms with E-state index < -0.39 is 0 Å². The summed E-state index contributed by atoms with van der Waals surface area (Å²) in [4.78, 5) is 10.7. The van der Waals surface area contributed by atoms with Gasteiger partial charge in [-0.1, -0.05) is 19.1 Å². The Balaban J connectivity index is 2.36. The van der Waals surface area contributed by atoms with E-state index in [9.17, 15) is 4.79 Å². The van der Waals surface area contributed by atoms with Crippen LogP contribution >= 0.6 is 0 Å². The molecule has 3 atom stereocenters. The summed E-state index contributed by atoms with van der Waals surface area (Å²) in [7, 11) is 0. The number of carbonyl (C=O) groups is 1. The number of hydrogen-bond acceptors (Lipinski definition) is 1. The lowest BCUT2D eigenvalue weighted by atomic mass is 9.81. The SMILES string of the molecule is CC1CC2C=CC1(C=O)C2. The topological polar surface area (TPSA) is 17.1 Å². The Morgan fingerprint density at radius 3 is 2.80 bits per heavy atom. The molecule has 0 radical (unpaired) electrons. The number of carbonyl (C=O) groups excluding carboxylic acids is 1. The molecule has 10 heavy (non-hydrogen) atoms. The van der Waals surface area contributed by atoms with Gasteiger partial charge in [-0.2, -0.15) is 0 Å². The quantitative estimate of drug-likeness (QED) is 0.396. The third kappa shape index (κ3) is 0.556. The van der Waals surface area contributed by atoms with Gasteiger partial charge in [0.2, 0.25) is 0 Å². The van der Waals surface area contributed by atoms with Gasteiger partial charge in [-0.05, 0) is 24.7 Å². The zero-order chi connectivity index (χ0) is 7.19. The minimum absolute atomic E-state index is 0.0509. The van der Waals surface area contributed by atoms with Crippen molar-refractivity contribution in [2.75, 3.05) is 0 Å². The van der Waals surface area contributed by atoms with Crippen molar-refractivity contribution in [3.8, 4) is 0 Å². The van der Waals surface area contributed by atoms with E-state index in [0.717, 1.165) is 12.7 Å². The highest BCUT2D eigenvalue weighted by Gasteiger charge is 2.46. The Hall–Kier alpha value is -0.590. The molecule has 0 amide bonds. The van der Waals surface area contributed by atoms with E-state index in [1.807, 2.05) is 0 Å². The molecule has 2 aliphatic carbocycles. The van der Waals surface area contributed by atoms with Gasteiger partial charge < -0.3 is 4.79 Å². The average molecular weight is 136 g/mol. The van der Waals surface area contributed by atoms with Crippen LogP contribution in [0.15, 0.2) is 12.2 Å². The number of fused-ring (bicyclic) bond motifs is 2. The maximum absolute atomic E-state index is 10.7. The lowest BCUT2D eigenvalue weighted by Crippen LogP contribution is -2.21. The third-order valence-corrected chi connectivity index (χ3v) is 3.09. The molecular weight excluding hydrogens is 124 g/mol. The minimum Gasteiger partial charge on any atom is -0.302 e. The van der Waals surface area contributed by atoms with Crippen LogP contribution in [0, 0.1) is 17.3 Å². The molecule has 1 nitrogen and oxygen atoms in total. The van der Waals surface area contributed by atoms with Crippen LogP contribution in [0.4, 0.5) is 0 Å². The predicted molar refractivity (Wildman–Crippen MR) is 39.5 cm³/mol. The molecular formula is C9H12O. The molecule has 0 aromatic carbocycles. The molecule has 0 spiro atoms. The van der Waals surface area contributed by atoms with E-state index in [0.29, 0.717) is 11.8 Å². The van der Waals surface area contributed by atoms with Crippen LogP contribution in [0.25, 0.3) is 0 Å². The molecule has 3 unspecified atom stereocenters. The van der Waals surface area contributed by atoms with Crippen molar-refractivity contribution in [1.29, 1.82) is 0 Å². The van der Waals surface area contributed by atoms with Gasteiger partial charge >= 0.3 is 0 Å². The molecule has 0 saturated heterocycles. The maximum Gasteiger partial charge on any atom is 0.130 e. The smallest absolute Gasteiger partial charge is 0.130 e. The second-order valence-electron chi connectivity index (χ2n) is 3.69. The summed E-state index contributed by atoms with van der Waals surface area (Å²) in [6.45, 7) is 2.18. The van der Waals surface area contributed by atoms with Crippen LogP contribution in [-0.4, -0.2) is 6.29 Å². The maximum atomic E-state index is 10.7. The van der Waals surface area contributed by atoms with Crippen LogP contribution in [0.5, 0.6) is 0 Å². The fourth-order valence-electron chi connectivity index (χ4n) is 2.31. The Morgan fingerprint density at radius 2 is 2.50 bits per heavy atom. The summed E-state index contributed by atoms with van der Waals surface area (Å²) in [6, 6.07) is 0. The Morgan fingerprint density at radius 1 is 1.70 bits per heavy atom. The van der Waals surface area contributed by atoms with Crippen molar-refractivity contribution in [3.63, 3.8) is 0 Å². The first-order valence-corrected chi connectivity index (χ1v) is 3.92. The van der Waals surface area contributed by atoms with Crippen molar-refractivity contribution in [3.05, 3.63) is 12.2 Å². The molecule has 1 saturated carbocycles. The summed E-state index contributed by atoms with van der Waals surface area (Å²) in [5, 5.41) is 0. The van der Waals surface area contributed by atoms with Gasteiger partial charge in [-0.3, -0.25) is 0 Å². The van der Waals surface area contributed by atoms with Gasteiger partial charge in [0.25, 0.3) is 0 Å². The zero-order valence-electron chi connectivity index (χ0n) is 6.21. The molecule has 2 bridgehead atoms. The van der Waals surface area contributed by atoms with Crippen LogP contribution in [0.1, 0.15) is 19.8 Å². The molecule has 1 fully saturated rings. The van der Waals surface area contributed by atoms with Gasteiger partial charge in [0, 0.05) is 5.41 Å². The second kappa shape index (κ2) is 1.71. The van der Waals surface area contributed by atoms with Gasteiger partial charge in [-0.25, -0.2) is 0 Å². The zero-order valence-corrected chi connectivity index (χ0v) is 6.21. The largest absolute Gasteiger partial charge is 0.302 e. The number of hydrogen-bond donors (Lipinski definition) is 0. The van der Waals surface area contributed by atoms with Crippen LogP contribution < -0.4 is 0 Å². The first kappa shape index (κ1) is 6.14. The number of aldehydes is 1. The highest BCUT2D eigenvalue weighted by atomic mass is 16.1. The lowest BCUT2D eigenvalue weighted by molar-refractivity contribution is -0.115. The van der Waals surface area contributed by atoms with E-state index in [2.05, 4.69) is 19.1 Å². The standard InChI is InChI=1S/C9H12O/c1-7-4-8-2-3-9(7,5-8)6-10/h2-3,6-8H,4-5H2,1H3. The lowest BCUT2D eigenvalue weighted by Gasteiger charge is -2.22. The summed E-state index contributed by atoms with van der Waals surface area (Å²) < 4.78 is 0. The van der Waals surface area contributed by atoms with E-state index in [4.69, 9.17) is 0 Å². The molecule has 2 rings (SSSR count). The molecule has 54 valence electrons. The molecule has 0 aliphatic heterocycles. The Kier molecular flexibility index (Phi) is 1.05. The van der Waals surface area contributed by atoms with E-state index in [-0.39, 0.29) is 5.41 Å². The van der Waals surface area contributed by atoms with Crippen LogP contribution in [-0.2, 0) is 4.79 Å². The normalized spacial score (nSPS) is 50.1. The first-order chi connectivity index (χ1) is 4.77. The van der Waals surface area contributed by atoms with Crippen molar-refractivity contribution < 1.29 is 4.79 Å². The minimum atomic E-state index is -0.0509. The van der Waals surface area contributed by atoms with Crippen molar-refractivity contribution in [1.82, 2.24) is 0 Å². The average Bonchev–Trinajstić information content (AvgIpc) is 2.44. The van der Waals surface area contributed by atoms with Crippen molar-refractivity contribution in [2.45, 2.75) is 19.8 Å². The highest BCUT2D eigenvalue weighted by molar-refractivity contribution is 5.65. The van der Waals surface area contributed by atoms with Crippen LogP contribution in [0.3, 0.4) is 0 Å². The summed E-state index contributed by atoms with van der Waals surface area (Å²) in [6.07, 6.45) is 7.75. The summed E-state index contributed by atoms with van der Waals surface area (Å²) in [5.41, 5.74) is -0.0509. The van der Waals surface area contributed by atoms with Crippen LogP contribution in [0.2, 0.25) is 0 Å². The predicted octanol–water partition coefficient (Wildman–Crippen LogP) is 1.79. The summed E-state index contributed by atoms with van der Waals surface area (Å²) >= 11 is 0. The first-order valence-electron chi connectivity index (χ1n) is 3.92. The molecule has 1 heteroatoms.